The van der Waals surface area contributed by atoms with E-state index in [0.717, 1.165) is 44.3 Å². The van der Waals surface area contributed by atoms with E-state index in [4.69, 9.17) is 4.74 Å². The number of ether oxygens (including phenoxy) is 1. The fourth-order valence-electron chi connectivity index (χ4n) is 3.86. The number of nitrogens with one attached hydrogen (secondary N) is 1. The van der Waals surface area contributed by atoms with Crippen molar-refractivity contribution in [3.63, 3.8) is 0 Å². The summed E-state index contributed by atoms with van der Waals surface area (Å²) in [5.74, 6) is 1.17. The molecule has 2 aromatic carbocycles. The quantitative estimate of drug-likeness (QED) is 0.762. The van der Waals surface area contributed by atoms with Crippen molar-refractivity contribution in [1.82, 2.24) is 10.2 Å². The Morgan fingerprint density at radius 1 is 1.10 bits per heavy atom. The summed E-state index contributed by atoms with van der Waals surface area (Å²) in [6.45, 7) is 4.16. The zero-order valence-corrected chi connectivity index (χ0v) is 17.6. The van der Waals surface area contributed by atoms with Crippen molar-refractivity contribution in [3.05, 3.63) is 65.2 Å². The first-order chi connectivity index (χ1) is 14.6. The topological polar surface area (TPSA) is 58.6 Å². The molecule has 2 fully saturated rings. The summed E-state index contributed by atoms with van der Waals surface area (Å²) in [6, 6.07) is 15.9. The first-order valence-electron chi connectivity index (χ1n) is 10.9. The van der Waals surface area contributed by atoms with E-state index in [-0.39, 0.29) is 11.8 Å². The van der Waals surface area contributed by atoms with Gasteiger partial charge in [0.2, 0.25) is 5.91 Å². The van der Waals surface area contributed by atoms with Crippen molar-refractivity contribution >= 4 is 11.8 Å². The van der Waals surface area contributed by atoms with Crippen LogP contribution in [0.2, 0.25) is 0 Å². The highest BCUT2D eigenvalue weighted by Gasteiger charge is 2.25. The van der Waals surface area contributed by atoms with Gasteiger partial charge in [-0.25, -0.2) is 0 Å². The Kier molecular flexibility index (Phi) is 6.36. The maximum Gasteiger partial charge on any atom is 0.251 e. The number of likely N-dealkylation sites (tertiary alicyclic amines) is 1. The molecule has 1 aliphatic heterocycles. The van der Waals surface area contributed by atoms with Crippen LogP contribution in [-0.2, 0) is 11.2 Å². The molecule has 1 saturated heterocycles. The average molecular weight is 407 g/mol. The minimum absolute atomic E-state index is 0.0338. The van der Waals surface area contributed by atoms with E-state index >= 15 is 0 Å². The third-order valence-electron chi connectivity index (χ3n) is 5.84. The van der Waals surface area contributed by atoms with Crippen molar-refractivity contribution in [2.75, 3.05) is 19.7 Å². The van der Waals surface area contributed by atoms with E-state index < -0.39 is 0 Å². The maximum atomic E-state index is 12.7. The minimum atomic E-state index is -0.0338. The number of benzene rings is 2. The largest absolute Gasteiger partial charge is 0.493 e. The molecule has 30 heavy (non-hydrogen) atoms. The molecule has 5 heteroatoms. The molecule has 0 bridgehead atoms. The summed E-state index contributed by atoms with van der Waals surface area (Å²) < 4.78 is 6.00. The molecule has 0 spiro atoms. The van der Waals surface area contributed by atoms with E-state index in [1.54, 1.807) is 6.07 Å². The summed E-state index contributed by atoms with van der Waals surface area (Å²) >= 11 is 0. The van der Waals surface area contributed by atoms with Crippen LogP contribution < -0.4 is 10.1 Å². The smallest absolute Gasteiger partial charge is 0.251 e. The van der Waals surface area contributed by atoms with Crippen LogP contribution in [0.15, 0.2) is 48.5 Å². The number of aryl methyl sites for hydroxylation is 1. The second kappa shape index (κ2) is 9.33. The average Bonchev–Trinajstić information content (AvgIpc) is 3.58. The number of hydrogen-bond donors (Lipinski definition) is 1. The number of carbonyl (C=O) groups is 2. The second-order valence-corrected chi connectivity index (χ2v) is 8.60. The minimum Gasteiger partial charge on any atom is -0.493 e. The van der Waals surface area contributed by atoms with E-state index in [0.29, 0.717) is 36.3 Å². The highest BCUT2D eigenvalue weighted by atomic mass is 16.5. The SMILES string of the molecule is Cc1ccc(CC(=O)N2CCCC(COc3cccc(C(=O)NC4CC4)c3)C2)cc1. The summed E-state index contributed by atoms with van der Waals surface area (Å²) in [4.78, 5) is 26.9. The van der Waals surface area contributed by atoms with Crippen LogP contribution in [0.1, 0.15) is 47.2 Å². The van der Waals surface area contributed by atoms with Crippen molar-refractivity contribution in [1.29, 1.82) is 0 Å². The Morgan fingerprint density at radius 2 is 1.90 bits per heavy atom. The van der Waals surface area contributed by atoms with Crippen molar-refractivity contribution in [3.8, 4) is 5.75 Å². The predicted octanol–water partition coefficient (Wildman–Crippen LogP) is 3.75. The summed E-state index contributed by atoms with van der Waals surface area (Å²) in [7, 11) is 0. The zero-order valence-electron chi connectivity index (χ0n) is 17.6. The number of carbonyl (C=O) groups excluding carboxylic acids is 2. The van der Waals surface area contributed by atoms with Gasteiger partial charge in [0.1, 0.15) is 5.75 Å². The monoisotopic (exact) mass is 406 g/mol. The Morgan fingerprint density at radius 3 is 2.67 bits per heavy atom. The van der Waals surface area contributed by atoms with Gasteiger partial charge in [-0.05, 0) is 56.4 Å². The van der Waals surface area contributed by atoms with Gasteiger partial charge < -0.3 is 15.0 Å². The fraction of sp³-hybridized carbons (Fsp3) is 0.440. The lowest BCUT2D eigenvalue weighted by atomic mass is 9.98. The number of nitrogens with zero attached hydrogens (tertiary/aromatic N) is 1. The van der Waals surface area contributed by atoms with Gasteiger partial charge in [0.25, 0.3) is 5.91 Å². The highest BCUT2D eigenvalue weighted by Crippen LogP contribution is 2.22. The maximum absolute atomic E-state index is 12.7. The van der Waals surface area contributed by atoms with Crippen LogP contribution in [0, 0.1) is 12.8 Å². The number of piperidine rings is 1. The lowest BCUT2D eigenvalue weighted by Crippen LogP contribution is -2.42. The molecular formula is C25H30N2O3. The van der Waals surface area contributed by atoms with Gasteiger partial charge in [0.15, 0.2) is 0 Å². The molecule has 1 atom stereocenters. The Labute approximate surface area is 178 Å². The molecule has 0 radical (unpaired) electrons. The molecule has 158 valence electrons. The molecule has 2 aromatic rings. The lowest BCUT2D eigenvalue weighted by Gasteiger charge is -2.32. The molecular weight excluding hydrogens is 376 g/mol. The standard InChI is InChI=1S/C25H30N2O3/c1-18-7-9-19(10-8-18)14-24(28)27-13-3-4-20(16-27)17-30-23-6-2-5-21(15-23)25(29)26-22-11-12-22/h2,5-10,15,20,22H,3-4,11-14,16-17H2,1H3,(H,26,29). The molecule has 1 unspecified atom stereocenters. The zero-order chi connectivity index (χ0) is 20.9. The fourth-order valence-corrected chi connectivity index (χ4v) is 3.86. The molecule has 2 aliphatic rings. The van der Waals surface area contributed by atoms with Crippen molar-refractivity contribution in [2.24, 2.45) is 5.92 Å². The van der Waals surface area contributed by atoms with E-state index in [2.05, 4.69) is 24.4 Å². The van der Waals surface area contributed by atoms with Crippen molar-refractivity contribution < 1.29 is 14.3 Å². The molecule has 2 amide bonds. The Bertz CT molecular complexity index is 890. The van der Waals surface area contributed by atoms with Crippen LogP contribution >= 0.6 is 0 Å². The van der Waals surface area contributed by atoms with Gasteiger partial charge >= 0.3 is 0 Å². The summed E-state index contributed by atoms with van der Waals surface area (Å²) in [6.07, 6.45) is 4.64. The third-order valence-corrected chi connectivity index (χ3v) is 5.84. The molecule has 4 rings (SSSR count). The van der Waals surface area contributed by atoms with Gasteiger partial charge in [0.05, 0.1) is 13.0 Å². The third kappa shape index (κ3) is 5.62. The van der Waals surface area contributed by atoms with Crippen molar-refractivity contribution in [2.45, 2.75) is 45.1 Å². The summed E-state index contributed by atoms with van der Waals surface area (Å²) in [5, 5.41) is 3.01. The van der Waals surface area contributed by atoms with E-state index in [1.165, 1.54) is 5.56 Å². The van der Waals surface area contributed by atoms with E-state index in [9.17, 15) is 9.59 Å². The van der Waals surface area contributed by atoms with Crippen LogP contribution in [0.4, 0.5) is 0 Å². The second-order valence-electron chi connectivity index (χ2n) is 8.60. The Balaban J connectivity index is 1.28. The lowest BCUT2D eigenvalue weighted by molar-refractivity contribution is -0.132. The normalized spacial score (nSPS) is 18.7. The predicted molar refractivity (Wildman–Crippen MR) is 117 cm³/mol. The van der Waals surface area contributed by atoms with Gasteiger partial charge in [-0.1, -0.05) is 35.9 Å². The number of rotatable bonds is 7. The molecule has 5 nitrogen and oxygen atoms in total. The molecule has 0 aromatic heterocycles. The molecule has 1 N–H and O–H groups in total. The van der Waals surface area contributed by atoms with Crippen LogP contribution in [-0.4, -0.2) is 42.5 Å². The van der Waals surface area contributed by atoms with Gasteiger partial charge in [-0.15, -0.1) is 0 Å². The van der Waals surface area contributed by atoms with Crippen LogP contribution in [0.25, 0.3) is 0 Å². The number of amides is 2. The first kappa shape index (κ1) is 20.5. The van der Waals surface area contributed by atoms with Gasteiger partial charge in [0, 0.05) is 30.6 Å². The van der Waals surface area contributed by atoms with Gasteiger partial charge in [-0.2, -0.15) is 0 Å². The summed E-state index contributed by atoms with van der Waals surface area (Å²) in [5.41, 5.74) is 2.90. The van der Waals surface area contributed by atoms with E-state index in [1.807, 2.05) is 35.2 Å². The molecule has 1 heterocycles. The first-order valence-corrected chi connectivity index (χ1v) is 10.9. The number of hydrogen-bond acceptors (Lipinski definition) is 3. The Hall–Kier alpha value is -2.82. The van der Waals surface area contributed by atoms with Crippen LogP contribution in [0.3, 0.4) is 0 Å². The molecule has 1 aliphatic carbocycles. The van der Waals surface area contributed by atoms with Gasteiger partial charge in [-0.3, -0.25) is 9.59 Å². The molecule has 1 saturated carbocycles. The highest BCUT2D eigenvalue weighted by molar-refractivity contribution is 5.94. The van der Waals surface area contributed by atoms with Crippen LogP contribution in [0.5, 0.6) is 5.75 Å².